The van der Waals surface area contributed by atoms with Crippen LogP contribution in [-0.4, -0.2) is 25.9 Å². The Kier molecular flexibility index (Phi) is 4.99. The van der Waals surface area contributed by atoms with Crippen molar-refractivity contribution < 1.29 is 9.18 Å². The summed E-state index contributed by atoms with van der Waals surface area (Å²) in [6.07, 6.45) is 4.05. The smallest absolute Gasteiger partial charge is 0.237 e. The first-order valence-corrected chi connectivity index (χ1v) is 8.74. The van der Waals surface area contributed by atoms with E-state index in [1.165, 1.54) is 23.9 Å². The third-order valence-electron chi connectivity index (χ3n) is 3.78. The van der Waals surface area contributed by atoms with E-state index in [0.29, 0.717) is 17.6 Å². The molecule has 0 spiro atoms. The van der Waals surface area contributed by atoms with Crippen LogP contribution in [0.25, 0.3) is 0 Å². The molecular formula is C17H19FN4OS. The molecule has 126 valence electrons. The maximum atomic E-state index is 13.6. The molecule has 1 heterocycles. The van der Waals surface area contributed by atoms with Crippen molar-refractivity contribution in [1.29, 1.82) is 0 Å². The van der Waals surface area contributed by atoms with Gasteiger partial charge in [-0.3, -0.25) is 4.79 Å². The molecule has 1 amide bonds. The summed E-state index contributed by atoms with van der Waals surface area (Å²) in [5.74, 6) is 0.702. The maximum absolute atomic E-state index is 13.6. The van der Waals surface area contributed by atoms with Gasteiger partial charge in [-0.25, -0.2) is 4.39 Å². The first kappa shape index (κ1) is 16.7. The fourth-order valence-corrected chi connectivity index (χ4v) is 3.21. The summed E-state index contributed by atoms with van der Waals surface area (Å²) in [7, 11) is 0. The number of amides is 1. The van der Waals surface area contributed by atoms with Gasteiger partial charge in [0, 0.05) is 12.5 Å². The minimum Gasteiger partial charge on any atom is -0.323 e. The van der Waals surface area contributed by atoms with Crippen LogP contribution < -0.4 is 5.32 Å². The molecule has 1 aromatic heterocycles. The molecule has 1 saturated carbocycles. The molecule has 0 aliphatic heterocycles. The van der Waals surface area contributed by atoms with Crippen LogP contribution in [0.3, 0.4) is 0 Å². The first-order chi connectivity index (χ1) is 11.6. The van der Waals surface area contributed by atoms with E-state index in [0.717, 1.165) is 18.7 Å². The number of aromatic nitrogens is 3. The lowest BCUT2D eigenvalue weighted by Gasteiger charge is -2.13. The number of carbonyl (C=O) groups excluding carboxylic acids is 1. The monoisotopic (exact) mass is 346 g/mol. The minimum absolute atomic E-state index is 0.182. The second kappa shape index (κ2) is 7.17. The van der Waals surface area contributed by atoms with Gasteiger partial charge in [-0.15, -0.1) is 16.8 Å². The molecule has 7 heteroatoms. The number of hydrogen-bond acceptors (Lipinski definition) is 4. The average Bonchev–Trinajstić information content (AvgIpc) is 3.34. The molecule has 1 aliphatic rings. The quantitative estimate of drug-likeness (QED) is 0.615. The molecule has 0 bridgehead atoms. The van der Waals surface area contributed by atoms with E-state index in [1.807, 2.05) is 4.57 Å². The van der Waals surface area contributed by atoms with Crippen molar-refractivity contribution in [3.05, 3.63) is 48.6 Å². The number of nitrogens with zero attached hydrogens (tertiary/aromatic N) is 3. The van der Waals surface area contributed by atoms with Crippen LogP contribution in [0.2, 0.25) is 0 Å². The predicted molar refractivity (Wildman–Crippen MR) is 92.5 cm³/mol. The fraction of sp³-hybridized carbons (Fsp3) is 0.353. The number of carbonyl (C=O) groups is 1. The van der Waals surface area contributed by atoms with Gasteiger partial charge in [0.15, 0.2) is 5.16 Å². The van der Waals surface area contributed by atoms with Crippen molar-refractivity contribution in [2.24, 2.45) is 0 Å². The zero-order valence-corrected chi connectivity index (χ0v) is 14.2. The molecule has 1 fully saturated rings. The summed E-state index contributed by atoms with van der Waals surface area (Å²) < 4.78 is 15.6. The van der Waals surface area contributed by atoms with E-state index < -0.39 is 11.1 Å². The number of para-hydroxylation sites is 1. The highest BCUT2D eigenvalue weighted by Crippen LogP contribution is 2.40. The average molecular weight is 346 g/mol. The van der Waals surface area contributed by atoms with Gasteiger partial charge in [-0.2, -0.15) is 0 Å². The SMILES string of the molecule is C=CCn1c(SC(C)C(=O)Nc2ccccc2F)nnc1C1CC1. The number of hydrogen-bond donors (Lipinski definition) is 1. The van der Waals surface area contributed by atoms with Crippen molar-refractivity contribution in [3.63, 3.8) is 0 Å². The summed E-state index contributed by atoms with van der Waals surface area (Å²) >= 11 is 1.32. The Morgan fingerprint density at radius 2 is 2.25 bits per heavy atom. The van der Waals surface area contributed by atoms with Gasteiger partial charge in [0.25, 0.3) is 0 Å². The van der Waals surface area contributed by atoms with Crippen molar-refractivity contribution in [2.75, 3.05) is 5.32 Å². The van der Waals surface area contributed by atoms with Gasteiger partial charge in [0.1, 0.15) is 11.6 Å². The first-order valence-electron chi connectivity index (χ1n) is 7.86. The molecule has 1 atom stereocenters. The lowest BCUT2D eigenvalue weighted by atomic mass is 10.3. The van der Waals surface area contributed by atoms with Crippen LogP contribution in [0.1, 0.15) is 31.5 Å². The molecule has 1 N–H and O–H groups in total. The van der Waals surface area contributed by atoms with Crippen molar-refractivity contribution in [1.82, 2.24) is 14.8 Å². The second-order valence-electron chi connectivity index (χ2n) is 5.74. The minimum atomic E-state index is -0.450. The molecule has 3 rings (SSSR count). The molecule has 1 aliphatic carbocycles. The topological polar surface area (TPSA) is 59.8 Å². The van der Waals surface area contributed by atoms with Crippen LogP contribution in [0.4, 0.5) is 10.1 Å². The van der Waals surface area contributed by atoms with Crippen LogP contribution >= 0.6 is 11.8 Å². The number of nitrogens with one attached hydrogen (secondary N) is 1. The van der Waals surface area contributed by atoms with E-state index in [1.54, 1.807) is 25.1 Å². The molecule has 0 radical (unpaired) electrons. The van der Waals surface area contributed by atoms with Crippen LogP contribution in [0, 0.1) is 5.82 Å². The Hall–Kier alpha value is -2.15. The summed E-state index contributed by atoms with van der Waals surface area (Å²) in [5.41, 5.74) is 0.182. The Bertz CT molecular complexity index is 757. The number of rotatable bonds is 7. The maximum Gasteiger partial charge on any atom is 0.237 e. The summed E-state index contributed by atoms with van der Waals surface area (Å²) in [6.45, 7) is 6.15. The molecular weight excluding hydrogens is 327 g/mol. The number of benzene rings is 1. The fourth-order valence-electron chi connectivity index (χ4n) is 2.34. The van der Waals surface area contributed by atoms with Gasteiger partial charge in [-0.05, 0) is 31.9 Å². The Morgan fingerprint density at radius 3 is 2.92 bits per heavy atom. The third-order valence-corrected chi connectivity index (χ3v) is 4.86. The lowest BCUT2D eigenvalue weighted by molar-refractivity contribution is -0.115. The molecule has 1 aromatic carbocycles. The van der Waals surface area contributed by atoms with E-state index >= 15 is 0 Å². The highest BCUT2D eigenvalue weighted by molar-refractivity contribution is 8.00. The van der Waals surface area contributed by atoms with Gasteiger partial charge < -0.3 is 9.88 Å². The standard InChI is InChI=1S/C17H19FN4OS/c1-3-10-22-15(12-8-9-12)20-21-17(22)24-11(2)16(23)19-14-7-5-4-6-13(14)18/h3-7,11-12H,1,8-10H2,2H3,(H,19,23). The Morgan fingerprint density at radius 1 is 1.50 bits per heavy atom. The van der Waals surface area contributed by atoms with Gasteiger partial charge in [0.05, 0.1) is 10.9 Å². The molecule has 0 saturated heterocycles. The summed E-state index contributed by atoms with van der Waals surface area (Å²) in [6, 6.07) is 6.12. The highest BCUT2D eigenvalue weighted by atomic mass is 32.2. The number of anilines is 1. The number of allylic oxidation sites excluding steroid dienone is 1. The van der Waals surface area contributed by atoms with Crippen molar-refractivity contribution >= 4 is 23.4 Å². The van der Waals surface area contributed by atoms with Gasteiger partial charge in [0.2, 0.25) is 5.91 Å². The largest absolute Gasteiger partial charge is 0.323 e. The Labute approximate surface area is 144 Å². The van der Waals surface area contributed by atoms with E-state index in [9.17, 15) is 9.18 Å². The van der Waals surface area contributed by atoms with Gasteiger partial charge in [-0.1, -0.05) is 30.0 Å². The second-order valence-corrected chi connectivity index (χ2v) is 7.05. The highest BCUT2D eigenvalue weighted by Gasteiger charge is 2.31. The van der Waals surface area contributed by atoms with E-state index in [4.69, 9.17) is 0 Å². The number of halogens is 1. The van der Waals surface area contributed by atoms with Gasteiger partial charge >= 0.3 is 0 Å². The van der Waals surface area contributed by atoms with E-state index in [2.05, 4.69) is 22.1 Å². The normalized spacial score (nSPS) is 15.1. The molecule has 24 heavy (non-hydrogen) atoms. The Balaban J connectivity index is 1.70. The predicted octanol–water partition coefficient (Wildman–Crippen LogP) is 3.60. The summed E-state index contributed by atoms with van der Waals surface area (Å²) in [4.78, 5) is 12.3. The molecule has 1 unspecified atom stereocenters. The van der Waals surface area contributed by atoms with Crippen LogP contribution in [-0.2, 0) is 11.3 Å². The van der Waals surface area contributed by atoms with Crippen molar-refractivity contribution in [3.8, 4) is 0 Å². The number of thioether (sulfide) groups is 1. The molecule has 5 nitrogen and oxygen atoms in total. The van der Waals surface area contributed by atoms with Crippen molar-refractivity contribution in [2.45, 2.75) is 42.6 Å². The third kappa shape index (κ3) is 3.67. The lowest BCUT2D eigenvalue weighted by Crippen LogP contribution is -2.23. The van der Waals surface area contributed by atoms with Crippen LogP contribution in [0.5, 0.6) is 0 Å². The summed E-state index contributed by atoms with van der Waals surface area (Å²) in [5, 5.41) is 11.3. The zero-order valence-electron chi connectivity index (χ0n) is 13.4. The van der Waals surface area contributed by atoms with E-state index in [-0.39, 0.29) is 11.6 Å². The molecule has 2 aromatic rings. The van der Waals surface area contributed by atoms with Crippen LogP contribution in [0.15, 0.2) is 42.1 Å². The zero-order chi connectivity index (χ0) is 17.1.